The predicted molar refractivity (Wildman–Crippen MR) is 105 cm³/mol. The van der Waals surface area contributed by atoms with Gasteiger partial charge in [0.15, 0.2) is 0 Å². The average molecular weight is 366 g/mol. The topological polar surface area (TPSA) is 58.7 Å². The average Bonchev–Trinajstić information content (AvgIpc) is 2.67. The third-order valence-electron chi connectivity index (χ3n) is 3.74. The van der Waals surface area contributed by atoms with E-state index >= 15 is 0 Å². The standard InChI is InChI=1S/C20H16ClN3O2/c21-19-12-11-17(13-20(19)24(25)26)14-22-23(18-9-5-2-6-10-18)15-16-7-3-1-4-8-16/h1-14H,15H2/b22-14+. The lowest BCUT2D eigenvalue weighted by Crippen LogP contribution is -2.16. The lowest BCUT2D eigenvalue weighted by Gasteiger charge is -2.19. The van der Waals surface area contributed by atoms with E-state index in [0.29, 0.717) is 12.1 Å². The molecule has 6 heteroatoms. The molecule has 0 heterocycles. The number of hydrazone groups is 1. The summed E-state index contributed by atoms with van der Waals surface area (Å²) in [4.78, 5) is 10.5. The Hall–Kier alpha value is -3.18. The van der Waals surface area contributed by atoms with Gasteiger partial charge in [-0.05, 0) is 23.8 Å². The first-order chi connectivity index (χ1) is 12.6. The second-order valence-corrected chi connectivity index (χ2v) is 6.00. The van der Waals surface area contributed by atoms with E-state index in [1.165, 1.54) is 12.1 Å². The molecule has 3 aromatic rings. The molecular weight excluding hydrogens is 350 g/mol. The Kier molecular flexibility index (Phi) is 5.61. The fraction of sp³-hybridized carbons (Fsp3) is 0.0500. The summed E-state index contributed by atoms with van der Waals surface area (Å²) in [5.74, 6) is 0. The molecule has 0 unspecified atom stereocenters. The van der Waals surface area contributed by atoms with E-state index in [4.69, 9.17) is 11.6 Å². The van der Waals surface area contributed by atoms with Gasteiger partial charge >= 0.3 is 0 Å². The van der Waals surface area contributed by atoms with Crippen LogP contribution in [-0.4, -0.2) is 11.1 Å². The van der Waals surface area contributed by atoms with E-state index in [2.05, 4.69) is 5.10 Å². The Balaban J connectivity index is 1.89. The Morgan fingerprint density at radius 2 is 1.65 bits per heavy atom. The van der Waals surface area contributed by atoms with Crippen LogP contribution in [0.3, 0.4) is 0 Å². The second kappa shape index (κ2) is 8.27. The zero-order valence-electron chi connectivity index (χ0n) is 13.8. The summed E-state index contributed by atoms with van der Waals surface area (Å²) in [5, 5.41) is 17.5. The van der Waals surface area contributed by atoms with Crippen molar-refractivity contribution in [2.45, 2.75) is 6.54 Å². The fourth-order valence-electron chi connectivity index (χ4n) is 2.44. The molecule has 0 aliphatic heterocycles. The maximum absolute atomic E-state index is 11.0. The summed E-state index contributed by atoms with van der Waals surface area (Å²) in [7, 11) is 0. The highest BCUT2D eigenvalue weighted by atomic mass is 35.5. The van der Waals surface area contributed by atoms with Gasteiger partial charge < -0.3 is 0 Å². The summed E-state index contributed by atoms with van der Waals surface area (Å²) in [6.45, 7) is 0.580. The number of nitro benzene ring substituents is 1. The maximum Gasteiger partial charge on any atom is 0.288 e. The van der Waals surface area contributed by atoms with Gasteiger partial charge in [0.2, 0.25) is 0 Å². The number of anilines is 1. The zero-order valence-corrected chi connectivity index (χ0v) is 14.6. The molecule has 0 amide bonds. The summed E-state index contributed by atoms with van der Waals surface area (Å²) >= 11 is 5.86. The van der Waals surface area contributed by atoms with Gasteiger partial charge in [-0.2, -0.15) is 5.10 Å². The van der Waals surface area contributed by atoms with E-state index in [1.807, 2.05) is 65.7 Å². The lowest BCUT2D eigenvalue weighted by atomic mass is 10.2. The molecule has 0 aliphatic carbocycles. The molecule has 0 radical (unpaired) electrons. The lowest BCUT2D eigenvalue weighted by molar-refractivity contribution is -0.384. The van der Waals surface area contributed by atoms with Crippen molar-refractivity contribution < 1.29 is 4.92 Å². The Morgan fingerprint density at radius 3 is 2.31 bits per heavy atom. The number of benzene rings is 3. The molecule has 0 saturated heterocycles. The minimum atomic E-state index is -0.501. The van der Waals surface area contributed by atoms with Crippen LogP contribution in [0.25, 0.3) is 0 Å². The molecule has 5 nitrogen and oxygen atoms in total. The quantitative estimate of drug-likeness (QED) is 0.339. The SMILES string of the molecule is O=[N+]([O-])c1cc(/C=N/N(Cc2ccccc2)c2ccccc2)ccc1Cl. The van der Waals surface area contributed by atoms with Crippen molar-refractivity contribution in [2.24, 2.45) is 5.10 Å². The van der Waals surface area contributed by atoms with Crippen LogP contribution in [0.5, 0.6) is 0 Å². The molecule has 0 saturated carbocycles. The first-order valence-corrected chi connectivity index (χ1v) is 8.36. The number of nitro groups is 1. The number of hydrogen-bond donors (Lipinski definition) is 0. The van der Waals surface area contributed by atoms with E-state index in [1.54, 1.807) is 12.3 Å². The summed E-state index contributed by atoms with van der Waals surface area (Å²) < 4.78 is 0. The van der Waals surface area contributed by atoms with Crippen LogP contribution in [0.15, 0.2) is 84.0 Å². The summed E-state index contributed by atoms with van der Waals surface area (Å²) in [5.41, 5.74) is 2.51. The highest BCUT2D eigenvalue weighted by Gasteiger charge is 2.12. The molecule has 0 N–H and O–H groups in total. The number of halogens is 1. The molecule has 0 aliphatic rings. The molecule has 130 valence electrons. The van der Waals surface area contributed by atoms with Crippen molar-refractivity contribution >= 4 is 29.2 Å². The fourth-order valence-corrected chi connectivity index (χ4v) is 2.63. The van der Waals surface area contributed by atoms with Crippen LogP contribution in [0.1, 0.15) is 11.1 Å². The number of rotatable bonds is 6. The van der Waals surface area contributed by atoms with Gasteiger partial charge in [-0.15, -0.1) is 0 Å². The van der Waals surface area contributed by atoms with Gasteiger partial charge in [0.25, 0.3) is 5.69 Å². The monoisotopic (exact) mass is 365 g/mol. The molecular formula is C20H16ClN3O2. The van der Waals surface area contributed by atoms with Crippen molar-refractivity contribution in [3.63, 3.8) is 0 Å². The van der Waals surface area contributed by atoms with Crippen LogP contribution in [0.4, 0.5) is 11.4 Å². The molecule has 0 atom stereocenters. The van der Waals surface area contributed by atoms with Gasteiger partial charge in [-0.1, -0.05) is 66.2 Å². The minimum Gasteiger partial charge on any atom is -0.261 e. The van der Waals surface area contributed by atoms with Gasteiger partial charge in [0.1, 0.15) is 5.02 Å². The van der Waals surface area contributed by atoms with Crippen molar-refractivity contribution in [1.82, 2.24) is 0 Å². The van der Waals surface area contributed by atoms with Crippen molar-refractivity contribution in [3.05, 3.63) is 105 Å². The number of nitrogens with zero attached hydrogens (tertiary/aromatic N) is 3. The first kappa shape index (κ1) is 17.6. The van der Waals surface area contributed by atoms with Crippen LogP contribution < -0.4 is 5.01 Å². The van der Waals surface area contributed by atoms with Crippen molar-refractivity contribution in [1.29, 1.82) is 0 Å². The number of hydrogen-bond acceptors (Lipinski definition) is 4. The van der Waals surface area contributed by atoms with E-state index in [-0.39, 0.29) is 10.7 Å². The summed E-state index contributed by atoms with van der Waals surface area (Å²) in [6.07, 6.45) is 1.60. The highest BCUT2D eigenvalue weighted by molar-refractivity contribution is 6.32. The molecule has 26 heavy (non-hydrogen) atoms. The number of para-hydroxylation sites is 1. The minimum absolute atomic E-state index is 0.108. The Bertz CT molecular complexity index is 915. The molecule has 0 bridgehead atoms. The van der Waals surface area contributed by atoms with Gasteiger partial charge in [0, 0.05) is 11.6 Å². The molecule has 3 aromatic carbocycles. The largest absolute Gasteiger partial charge is 0.288 e. The molecule has 0 fully saturated rings. The molecule has 0 aromatic heterocycles. The Labute approximate surface area is 156 Å². The van der Waals surface area contributed by atoms with E-state index in [9.17, 15) is 10.1 Å². The van der Waals surface area contributed by atoms with Crippen LogP contribution in [0.2, 0.25) is 5.02 Å². The molecule has 0 spiro atoms. The predicted octanol–water partition coefficient (Wildman–Crippen LogP) is 5.29. The molecule has 3 rings (SSSR count). The van der Waals surface area contributed by atoms with Gasteiger partial charge in [-0.25, -0.2) is 0 Å². The smallest absolute Gasteiger partial charge is 0.261 e. The summed E-state index contributed by atoms with van der Waals surface area (Å²) in [6, 6.07) is 24.3. The third-order valence-corrected chi connectivity index (χ3v) is 4.06. The van der Waals surface area contributed by atoms with Crippen LogP contribution in [-0.2, 0) is 6.54 Å². The first-order valence-electron chi connectivity index (χ1n) is 7.98. The van der Waals surface area contributed by atoms with Crippen LogP contribution >= 0.6 is 11.6 Å². The van der Waals surface area contributed by atoms with E-state index in [0.717, 1.165) is 11.3 Å². The van der Waals surface area contributed by atoms with Crippen LogP contribution in [0, 0.1) is 10.1 Å². The third kappa shape index (κ3) is 4.46. The van der Waals surface area contributed by atoms with Crippen molar-refractivity contribution in [3.8, 4) is 0 Å². The normalized spacial score (nSPS) is 10.8. The maximum atomic E-state index is 11.0. The van der Waals surface area contributed by atoms with E-state index < -0.39 is 4.92 Å². The van der Waals surface area contributed by atoms with Gasteiger partial charge in [0.05, 0.1) is 23.4 Å². The Morgan fingerprint density at radius 1 is 1.00 bits per heavy atom. The van der Waals surface area contributed by atoms with Gasteiger partial charge in [-0.3, -0.25) is 15.1 Å². The zero-order chi connectivity index (χ0) is 18.4. The highest BCUT2D eigenvalue weighted by Crippen LogP contribution is 2.24. The van der Waals surface area contributed by atoms with Crippen molar-refractivity contribution in [2.75, 3.05) is 5.01 Å². The second-order valence-electron chi connectivity index (χ2n) is 5.59.